The Bertz CT molecular complexity index is 752. The summed E-state index contributed by atoms with van der Waals surface area (Å²) >= 11 is 0. The van der Waals surface area contributed by atoms with Gasteiger partial charge in [0.1, 0.15) is 6.54 Å². The second-order valence-electron chi connectivity index (χ2n) is 6.09. The first-order valence-corrected chi connectivity index (χ1v) is 8.34. The van der Waals surface area contributed by atoms with Gasteiger partial charge in [0, 0.05) is 13.5 Å². The number of aryl methyl sites for hydroxylation is 2. The van der Waals surface area contributed by atoms with Crippen LogP contribution >= 0.6 is 0 Å². The molecule has 0 atom stereocenters. The molecule has 0 spiro atoms. The normalized spacial score (nSPS) is 13.8. The van der Waals surface area contributed by atoms with Gasteiger partial charge in [-0.2, -0.15) is 0 Å². The monoisotopic (exact) mass is 322 g/mol. The number of hydrogen-bond acceptors (Lipinski definition) is 2. The average molecular weight is 322 g/mol. The summed E-state index contributed by atoms with van der Waals surface area (Å²) in [6, 6.07) is 15.9. The Labute approximate surface area is 142 Å². The highest BCUT2D eigenvalue weighted by Gasteiger charge is 2.29. The van der Waals surface area contributed by atoms with E-state index in [2.05, 4.69) is 31.2 Å². The summed E-state index contributed by atoms with van der Waals surface area (Å²) in [5.74, 6) is -0.0715. The summed E-state index contributed by atoms with van der Waals surface area (Å²) in [6.07, 6.45) is 2.10. The highest BCUT2D eigenvalue weighted by Crippen LogP contribution is 2.32. The molecule has 4 nitrogen and oxygen atoms in total. The lowest BCUT2D eigenvalue weighted by Gasteiger charge is -2.34. The van der Waals surface area contributed by atoms with Crippen LogP contribution in [0.15, 0.2) is 48.5 Å². The van der Waals surface area contributed by atoms with E-state index >= 15 is 0 Å². The minimum atomic E-state index is -0.0608. The summed E-state index contributed by atoms with van der Waals surface area (Å²) < 4.78 is 0. The van der Waals surface area contributed by atoms with Gasteiger partial charge in [0.25, 0.3) is 0 Å². The van der Waals surface area contributed by atoms with Crippen LogP contribution in [0.3, 0.4) is 0 Å². The molecule has 0 fully saturated rings. The van der Waals surface area contributed by atoms with Gasteiger partial charge in [0.2, 0.25) is 11.8 Å². The van der Waals surface area contributed by atoms with E-state index in [-0.39, 0.29) is 18.4 Å². The van der Waals surface area contributed by atoms with Crippen molar-refractivity contribution < 1.29 is 9.59 Å². The molecule has 0 saturated carbocycles. The molecule has 4 heteroatoms. The second-order valence-corrected chi connectivity index (χ2v) is 6.09. The first-order valence-electron chi connectivity index (χ1n) is 8.34. The molecule has 1 heterocycles. The lowest BCUT2D eigenvalue weighted by molar-refractivity contribution is -0.122. The number of likely N-dealkylation sites (N-methyl/N-ethyl adjacent to an activating group) is 1. The molecule has 0 saturated heterocycles. The summed E-state index contributed by atoms with van der Waals surface area (Å²) in [5, 5.41) is 0. The molecule has 1 aliphatic heterocycles. The standard InChI is InChI=1S/C20H22N2O2/c1-3-15-8-10-16(11-9-15)12-13-19(23)22-14-20(24)21(2)17-6-4-5-7-18(17)22/h4-11H,3,12-14H2,1-2H3. The summed E-state index contributed by atoms with van der Waals surface area (Å²) in [5.41, 5.74) is 4.04. The first-order chi connectivity index (χ1) is 11.6. The number of amides is 2. The van der Waals surface area contributed by atoms with Gasteiger partial charge in [0.05, 0.1) is 11.4 Å². The molecular weight excluding hydrogens is 300 g/mol. The van der Waals surface area contributed by atoms with Crippen LogP contribution < -0.4 is 9.80 Å². The number of fused-ring (bicyclic) bond motifs is 1. The molecule has 0 radical (unpaired) electrons. The van der Waals surface area contributed by atoms with Crippen LogP contribution in [-0.2, 0) is 22.4 Å². The Hall–Kier alpha value is -2.62. The van der Waals surface area contributed by atoms with Gasteiger partial charge in [-0.15, -0.1) is 0 Å². The maximum atomic E-state index is 12.7. The molecule has 0 N–H and O–H groups in total. The van der Waals surface area contributed by atoms with E-state index in [9.17, 15) is 9.59 Å². The number of benzene rings is 2. The van der Waals surface area contributed by atoms with Crippen molar-refractivity contribution in [2.45, 2.75) is 26.2 Å². The molecule has 0 aliphatic carbocycles. The molecule has 2 aromatic rings. The lowest BCUT2D eigenvalue weighted by atomic mass is 10.1. The highest BCUT2D eigenvalue weighted by atomic mass is 16.2. The van der Waals surface area contributed by atoms with Crippen molar-refractivity contribution in [2.75, 3.05) is 23.4 Å². The third-order valence-electron chi connectivity index (χ3n) is 4.56. The van der Waals surface area contributed by atoms with Crippen LogP contribution in [0.5, 0.6) is 0 Å². The van der Waals surface area contributed by atoms with E-state index in [0.717, 1.165) is 23.4 Å². The van der Waals surface area contributed by atoms with Crippen LogP contribution in [0.25, 0.3) is 0 Å². The maximum absolute atomic E-state index is 12.7. The van der Waals surface area contributed by atoms with E-state index < -0.39 is 0 Å². The largest absolute Gasteiger partial charge is 0.312 e. The van der Waals surface area contributed by atoms with Gasteiger partial charge in [-0.3, -0.25) is 9.59 Å². The van der Waals surface area contributed by atoms with Gasteiger partial charge < -0.3 is 9.80 Å². The summed E-state index contributed by atoms with van der Waals surface area (Å²) in [7, 11) is 1.75. The van der Waals surface area contributed by atoms with Gasteiger partial charge in [-0.25, -0.2) is 0 Å². The Morgan fingerprint density at radius 1 is 1.00 bits per heavy atom. The highest BCUT2D eigenvalue weighted by molar-refractivity contribution is 6.10. The van der Waals surface area contributed by atoms with Crippen LogP contribution in [0.4, 0.5) is 11.4 Å². The van der Waals surface area contributed by atoms with E-state index in [4.69, 9.17) is 0 Å². The Morgan fingerprint density at radius 3 is 2.29 bits per heavy atom. The van der Waals surface area contributed by atoms with Gasteiger partial charge in [-0.1, -0.05) is 43.3 Å². The lowest BCUT2D eigenvalue weighted by Crippen LogP contribution is -2.46. The zero-order chi connectivity index (χ0) is 17.1. The number of para-hydroxylation sites is 2. The number of carbonyl (C=O) groups is 2. The molecule has 0 unspecified atom stereocenters. The van der Waals surface area contributed by atoms with Gasteiger partial charge in [0.15, 0.2) is 0 Å². The van der Waals surface area contributed by atoms with Crippen LogP contribution in [0.2, 0.25) is 0 Å². The first kappa shape index (κ1) is 16.2. The summed E-state index contributed by atoms with van der Waals surface area (Å²) in [6.45, 7) is 2.24. The number of nitrogens with zero attached hydrogens (tertiary/aromatic N) is 2. The second kappa shape index (κ2) is 6.87. The molecule has 124 valence electrons. The molecule has 0 bridgehead atoms. The predicted octanol–water partition coefficient (Wildman–Crippen LogP) is 3.19. The molecular formula is C20H22N2O2. The number of carbonyl (C=O) groups excluding carboxylic acids is 2. The molecule has 3 rings (SSSR count). The number of hydrogen-bond donors (Lipinski definition) is 0. The smallest absolute Gasteiger partial charge is 0.246 e. The summed E-state index contributed by atoms with van der Waals surface area (Å²) in [4.78, 5) is 28.0. The van der Waals surface area contributed by atoms with Crippen LogP contribution in [-0.4, -0.2) is 25.4 Å². The molecule has 0 aromatic heterocycles. The third kappa shape index (κ3) is 3.18. The van der Waals surface area contributed by atoms with Crippen molar-refractivity contribution in [1.29, 1.82) is 0 Å². The van der Waals surface area contributed by atoms with E-state index in [0.29, 0.717) is 12.8 Å². The number of anilines is 2. The molecule has 24 heavy (non-hydrogen) atoms. The molecule has 1 aliphatic rings. The third-order valence-corrected chi connectivity index (χ3v) is 4.56. The van der Waals surface area contributed by atoms with E-state index in [1.807, 2.05) is 24.3 Å². The Kier molecular flexibility index (Phi) is 4.65. The Morgan fingerprint density at radius 2 is 1.62 bits per heavy atom. The fraction of sp³-hybridized carbons (Fsp3) is 0.300. The van der Waals surface area contributed by atoms with Crippen molar-refractivity contribution in [3.63, 3.8) is 0 Å². The van der Waals surface area contributed by atoms with E-state index in [1.165, 1.54) is 5.56 Å². The molecule has 2 aromatic carbocycles. The predicted molar refractivity (Wildman–Crippen MR) is 96.3 cm³/mol. The Balaban J connectivity index is 1.72. The fourth-order valence-electron chi connectivity index (χ4n) is 2.99. The molecule has 2 amide bonds. The fourth-order valence-corrected chi connectivity index (χ4v) is 2.99. The number of rotatable bonds is 4. The van der Waals surface area contributed by atoms with Gasteiger partial charge >= 0.3 is 0 Å². The van der Waals surface area contributed by atoms with Crippen molar-refractivity contribution in [3.05, 3.63) is 59.7 Å². The van der Waals surface area contributed by atoms with Crippen molar-refractivity contribution in [1.82, 2.24) is 0 Å². The van der Waals surface area contributed by atoms with Crippen LogP contribution in [0, 0.1) is 0 Å². The quantitative estimate of drug-likeness (QED) is 0.867. The average Bonchev–Trinajstić information content (AvgIpc) is 2.63. The van der Waals surface area contributed by atoms with Crippen LogP contribution in [0.1, 0.15) is 24.5 Å². The van der Waals surface area contributed by atoms with Crippen molar-refractivity contribution in [3.8, 4) is 0 Å². The zero-order valence-electron chi connectivity index (χ0n) is 14.2. The minimum absolute atomic E-state index is 0.0107. The van der Waals surface area contributed by atoms with Crippen molar-refractivity contribution in [2.24, 2.45) is 0 Å². The minimum Gasteiger partial charge on any atom is -0.312 e. The zero-order valence-corrected chi connectivity index (χ0v) is 14.2. The topological polar surface area (TPSA) is 40.6 Å². The van der Waals surface area contributed by atoms with E-state index in [1.54, 1.807) is 16.8 Å². The SMILES string of the molecule is CCc1ccc(CCC(=O)N2CC(=O)N(C)c3ccccc32)cc1. The maximum Gasteiger partial charge on any atom is 0.246 e. The van der Waals surface area contributed by atoms with Crippen molar-refractivity contribution >= 4 is 23.2 Å². The van der Waals surface area contributed by atoms with Gasteiger partial charge in [-0.05, 0) is 36.1 Å².